The zero-order valence-electron chi connectivity index (χ0n) is 12.5. The number of aryl methyl sites for hydroxylation is 1. The average Bonchev–Trinajstić information content (AvgIpc) is 2.59. The van der Waals surface area contributed by atoms with Crippen molar-refractivity contribution in [2.24, 2.45) is 0 Å². The largest absolute Gasteiger partial charge is 0.485 e. The highest BCUT2D eigenvalue weighted by molar-refractivity contribution is 5.97. The van der Waals surface area contributed by atoms with Crippen molar-refractivity contribution in [3.8, 4) is 11.5 Å². The number of rotatable bonds is 2. The van der Waals surface area contributed by atoms with Gasteiger partial charge in [-0.1, -0.05) is 30.3 Å². The predicted octanol–water partition coefficient (Wildman–Crippen LogP) is 1.60. The summed E-state index contributed by atoms with van der Waals surface area (Å²) < 4.78 is 11.0. The lowest BCUT2D eigenvalue weighted by atomic mass is 10.1. The van der Waals surface area contributed by atoms with Gasteiger partial charge in [-0.05, 0) is 30.7 Å². The molecule has 0 bridgehead atoms. The average molecular weight is 312 g/mol. The molecule has 0 spiro atoms. The molecule has 0 aromatic heterocycles. The van der Waals surface area contributed by atoms with Crippen LogP contribution < -0.4 is 20.3 Å². The summed E-state index contributed by atoms with van der Waals surface area (Å²) in [6, 6.07) is 14.2. The van der Waals surface area contributed by atoms with E-state index in [0.29, 0.717) is 17.1 Å². The zero-order valence-corrected chi connectivity index (χ0v) is 12.5. The molecule has 0 saturated heterocycles. The summed E-state index contributed by atoms with van der Waals surface area (Å²) in [7, 11) is 0. The molecule has 0 saturated carbocycles. The van der Waals surface area contributed by atoms with Crippen LogP contribution >= 0.6 is 0 Å². The molecule has 0 aliphatic carbocycles. The number of fused-ring (bicyclic) bond motifs is 1. The molecule has 0 fully saturated rings. The number of carbonyl (C=O) groups is 2. The highest BCUT2D eigenvalue weighted by Gasteiger charge is 2.27. The van der Waals surface area contributed by atoms with E-state index in [1.807, 2.05) is 25.1 Å². The highest BCUT2D eigenvalue weighted by atomic mass is 16.6. The Kier molecular flexibility index (Phi) is 4.14. The quantitative estimate of drug-likeness (QED) is 0.826. The number of hydrazine groups is 1. The fourth-order valence-corrected chi connectivity index (χ4v) is 2.24. The van der Waals surface area contributed by atoms with Gasteiger partial charge in [0.1, 0.15) is 6.61 Å². The van der Waals surface area contributed by atoms with Gasteiger partial charge in [-0.25, -0.2) is 0 Å². The van der Waals surface area contributed by atoms with Gasteiger partial charge in [0.05, 0.1) is 0 Å². The molecule has 2 aromatic rings. The van der Waals surface area contributed by atoms with Crippen molar-refractivity contribution in [2.75, 3.05) is 6.61 Å². The smallest absolute Gasteiger partial charge is 0.283 e. The maximum Gasteiger partial charge on any atom is 0.283 e. The van der Waals surface area contributed by atoms with E-state index < -0.39 is 12.0 Å². The minimum Gasteiger partial charge on any atom is -0.485 e. The first-order valence-corrected chi connectivity index (χ1v) is 7.19. The van der Waals surface area contributed by atoms with E-state index in [2.05, 4.69) is 10.9 Å². The summed E-state index contributed by atoms with van der Waals surface area (Å²) in [5.74, 6) is 0.250. The van der Waals surface area contributed by atoms with Crippen LogP contribution in [0, 0.1) is 6.92 Å². The number of nitrogens with one attached hydrogen (secondary N) is 2. The lowest BCUT2D eigenvalue weighted by Gasteiger charge is -2.25. The second-order valence-corrected chi connectivity index (χ2v) is 5.12. The summed E-state index contributed by atoms with van der Waals surface area (Å²) in [6.45, 7) is 1.91. The van der Waals surface area contributed by atoms with Crippen LogP contribution in [-0.2, 0) is 4.79 Å². The number of hydrogen-bond acceptors (Lipinski definition) is 4. The number of hydrogen-bond donors (Lipinski definition) is 2. The maximum atomic E-state index is 12.1. The standard InChI is InChI=1S/C17H16N2O4/c1-11-6-2-3-7-12(11)16(20)18-19-17(21)15-10-22-13-8-4-5-9-14(13)23-15/h2-9,15H,10H2,1H3,(H,18,20)(H,19,21). The topological polar surface area (TPSA) is 76.7 Å². The third kappa shape index (κ3) is 3.26. The van der Waals surface area contributed by atoms with Crippen LogP contribution in [0.15, 0.2) is 48.5 Å². The summed E-state index contributed by atoms with van der Waals surface area (Å²) in [6.07, 6.45) is -0.818. The number of ether oxygens (including phenoxy) is 2. The van der Waals surface area contributed by atoms with Crippen molar-refractivity contribution < 1.29 is 19.1 Å². The van der Waals surface area contributed by atoms with E-state index in [1.165, 1.54) is 0 Å². The van der Waals surface area contributed by atoms with Crippen LogP contribution in [0.3, 0.4) is 0 Å². The van der Waals surface area contributed by atoms with E-state index in [4.69, 9.17) is 9.47 Å². The fourth-order valence-electron chi connectivity index (χ4n) is 2.24. The molecule has 1 aliphatic rings. The zero-order chi connectivity index (χ0) is 16.2. The molecule has 1 aliphatic heterocycles. The van der Waals surface area contributed by atoms with Gasteiger partial charge in [-0.15, -0.1) is 0 Å². The molecular formula is C17H16N2O4. The Labute approximate surface area is 133 Å². The molecule has 118 valence electrons. The summed E-state index contributed by atoms with van der Waals surface area (Å²) in [5, 5.41) is 0. The molecule has 6 heteroatoms. The molecule has 2 amide bonds. The number of carbonyl (C=O) groups excluding carboxylic acids is 2. The van der Waals surface area contributed by atoms with E-state index >= 15 is 0 Å². The van der Waals surface area contributed by atoms with Gasteiger partial charge in [0.2, 0.25) is 6.10 Å². The lowest BCUT2D eigenvalue weighted by Crippen LogP contribution is -2.50. The predicted molar refractivity (Wildman–Crippen MR) is 83.1 cm³/mol. The first kappa shape index (κ1) is 14.9. The number of para-hydroxylation sites is 2. The van der Waals surface area contributed by atoms with Crippen molar-refractivity contribution in [3.63, 3.8) is 0 Å². The Morgan fingerprint density at radius 2 is 1.70 bits per heavy atom. The molecule has 0 radical (unpaired) electrons. The second kappa shape index (κ2) is 6.39. The van der Waals surface area contributed by atoms with E-state index in [1.54, 1.807) is 30.3 Å². The Bertz CT molecular complexity index is 745. The van der Waals surface area contributed by atoms with Crippen LogP contribution in [0.1, 0.15) is 15.9 Å². The third-order valence-electron chi connectivity index (χ3n) is 3.49. The first-order chi connectivity index (χ1) is 11.1. The number of benzene rings is 2. The summed E-state index contributed by atoms with van der Waals surface area (Å²) in [5.41, 5.74) is 6.08. The Morgan fingerprint density at radius 1 is 1.00 bits per heavy atom. The minimum atomic E-state index is -0.818. The fraction of sp³-hybridized carbons (Fsp3) is 0.176. The Morgan fingerprint density at radius 3 is 2.48 bits per heavy atom. The molecule has 23 heavy (non-hydrogen) atoms. The molecule has 2 aromatic carbocycles. The summed E-state index contributed by atoms with van der Waals surface area (Å²) in [4.78, 5) is 24.2. The van der Waals surface area contributed by atoms with Crippen molar-refractivity contribution in [1.82, 2.24) is 10.9 Å². The van der Waals surface area contributed by atoms with Crippen LogP contribution in [0.2, 0.25) is 0 Å². The van der Waals surface area contributed by atoms with Crippen molar-refractivity contribution in [3.05, 3.63) is 59.7 Å². The van der Waals surface area contributed by atoms with Crippen LogP contribution in [0.5, 0.6) is 11.5 Å². The SMILES string of the molecule is Cc1ccccc1C(=O)NNC(=O)C1COc2ccccc2O1. The van der Waals surface area contributed by atoms with Gasteiger partial charge < -0.3 is 9.47 Å². The Hall–Kier alpha value is -3.02. The molecular weight excluding hydrogens is 296 g/mol. The van der Waals surface area contributed by atoms with Gasteiger partial charge in [0.15, 0.2) is 11.5 Å². The molecule has 1 unspecified atom stereocenters. The van der Waals surface area contributed by atoms with Crippen LogP contribution in [-0.4, -0.2) is 24.5 Å². The van der Waals surface area contributed by atoms with Gasteiger partial charge in [0.25, 0.3) is 11.8 Å². The maximum absolute atomic E-state index is 12.1. The van der Waals surface area contributed by atoms with Crippen molar-refractivity contribution >= 4 is 11.8 Å². The van der Waals surface area contributed by atoms with Crippen LogP contribution in [0.25, 0.3) is 0 Å². The monoisotopic (exact) mass is 312 g/mol. The van der Waals surface area contributed by atoms with Crippen LogP contribution in [0.4, 0.5) is 0 Å². The third-order valence-corrected chi connectivity index (χ3v) is 3.49. The van der Waals surface area contributed by atoms with Gasteiger partial charge >= 0.3 is 0 Å². The highest BCUT2D eigenvalue weighted by Crippen LogP contribution is 2.30. The minimum absolute atomic E-state index is 0.0864. The Balaban J connectivity index is 1.58. The molecule has 2 N–H and O–H groups in total. The van der Waals surface area contributed by atoms with E-state index in [9.17, 15) is 9.59 Å². The normalized spacial score (nSPS) is 15.6. The first-order valence-electron chi connectivity index (χ1n) is 7.19. The van der Waals surface area contributed by atoms with Gasteiger partial charge in [-0.3, -0.25) is 20.4 Å². The second-order valence-electron chi connectivity index (χ2n) is 5.12. The molecule has 1 heterocycles. The van der Waals surface area contributed by atoms with Crippen molar-refractivity contribution in [1.29, 1.82) is 0 Å². The molecule has 3 rings (SSSR count). The lowest BCUT2D eigenvalue weighted by molar-refractivity contribution is -0.131. The van der Waals surface area contributed by atoms with Gasteiger partial charge in [-0.2, -0.15) is 0 Å². The summed E-state index contributed by atoms with van der Waals surface area (Å²) >= 11 is 0. The molecule has 6 nitrogen and oxygen atoms in total. The number of amides is 2. The molecule has 1 atom stereocenters. The van der Waals surface area contributed by atoms with Gasteiger partial charge in [0, 0.05) is 5.56 Å². The van der Waals surface area contributed by atoms with E-state index in [-0.39, 0.29) is 12.5 Å². The van der Waals surface area contributed by atoms with E-state index in [0.717, 1.165) is 5.56 Å². The van der Waals surface area contributed by atoms with Crippen molar-refractivity contribution in [2.45, 2.75) is 13.0 Å².